The number of halogens is 1. The highest BCUT2D eigenvalue weighted by Gasteiger charge is 2.37. The van der Waals surface area contributed by atoms with Crippen molar-refractivity contribution in [3.05, 3.63) is 95.8 Å². The van der Waals surface area contributed by atoms with Crippen LogP contribution in [-0.4, -0.2) is 37.8 Å². The summed E-state index contributed by atoms with van der Waals surface area (Å²) in [5, 5.41) is 2.62. The van der Waals surface area contributed by atoms with Crippen LogP contribution in [0.5, 0.6) is 0 Å². The van der Waals surface area contributed by atoms with E-state index < -0.39 is 40.4 Å². The Morgan fingerprint density at radius 2 is 1.65 bits per heavy atom. The van der Waals surface area contributed by atoms with Gasteiger partial charge in [0.25, 0.3) is 5.91 Å². The summed E-state index contributed by atoms with van der Waals surface area (Å²) in [5.41, 5.74) is 2.21. The topological polar surface area (TPSA) is 92.8 Å². The Bertz CT molecular complexity index is 1280. The van der Waals surface area contributed by atoms with E-state index >= 15 is 0 Å². The molecule has 3 aromatic rings. The zero-order valence-corrected chi connectivity index (χ0v) is 19.0. The van der Waals surface area contributed by atoms with Crippen LogP contribution in [0.25, 0.3) is 0 Å². The van der Waals surface area contributed by atoms with E-state index in [2.05, 4.69) is 5.32 Å². The summed E-state index contributed by atoms with van der Waals surface area (Å²) in [6, 6.07) is 19.8. The molecule has 0 fully saturated rings. The number of benzene rings is 3. The van der Waals surface area contributed by atoms with Crippen molar-refractivity contribution in [2.24, 2.45) is 0 Å². The van der Waals surface area contributed by atoms with Crippen molar-refractivity contribution in [1.82, 2.24) is 4.31 Å². The van der Waals surface area contributed by atoms with Gasteiger partial charge in [0.05, 0.1) is 17.4 Å². The normalized spacial score (nSPS) is 15.9. The van der Waals surface area contributed by atoms with Crippen LogP contribution in [0.15, 0.2) is 83.8 Å². The summed E-state index contributed by atoms with van der Waals surface area (Å²) in [6.07, 6.45) is 0.206. The quantitative estimate of drug-likeness (QED) is 0.519. The standard InChI is InChI=1S/C25H23FN2O5S/c26-19-10-12-21(13-11-19)34(31,32)28-15-14-18-6-4-5-9-22(18)23(28)16-25(30)33-17-24(29)27-20-7-2-1-3-8-20/h1-13,23H,14-17H2,(H,27,29)/t23-/m1/s1. The summed E-state index contributed by atoms with van der Waals surface area (Å²) in [4.78, 5) is 24.7. The molecule has 1 amide bonds. The van der Waals surface area contributed by atoms with Gasteiger partial charge in [-0.2, -0.15) is 4.31 Å². The van der Waals surface area contributed by atoms with Gasteiger partial charge in [-0.05, 0) is 53.9 Å². The number of hydrogen-bond acceptors (Lipinski definition) is 5. The van der Waals surface area contributed by atoms with E-state index in [4.69, 9.17) is 4.74 Å². The number of fused-ring (bicyclic) bond motifs is 1. The molecule has 0 bridgehead atoms. The molecule has 1 atom stereocenters. The summed E-state index contributed by atoms with van der Waals surface area (Å²) < 4.78 is 46.5. The third-order valence-corrected chi connectivity index (χ3v) is 7.49. The number of nitrogens with one attached hydrogen (secondary N) is 1. The summed E-state index contributed by atoms with van der Waals surface area (Å²) in [7, 11) is -4.01. The SMILES string of the molecule is O=C(COC(=O)C[C@@H]1c2ccccc2CCN1S(=O)(=O)c1ccc(F)cc1)Nc1ccccc1. The average molecular weight is 483 g/mol. The lowest BCUT2D eigenvalue weighted by molar-refractivity contribution is -0.148. The Balaban J connectivity index is 1.51. The molecule has 0 unspecified atom stereocenters. The van der Waals surface area contributed by atoms with Crippen molar-refractivity contribution in [2.45, 2.75) is 23.8 Å². The van der Waals surface area contributed by atoms with Gasteiger partial charge in [0.15, 0.2) is 6.61 Å². The molecule has 1 N–H and O–H groups in total. The molecule has 34 heavy (non-hydrogen) atoms. The van der Waals surface area contributed by atoms with Crippen LogP contribution in [0.4, 0.5) is 10.1 Å². The zero-order valence-electron chi connectivity index (χ0n) is 18.2. The lowest BCUT2D eigenvalue weighted by atomic mass is 9.92. The lowest BCUT2D eigenvalue weighted by Crippen LogP contribution is -2.41. The molecular formula is C25H23FN2O5S. The molecule has 0 radical (unpaired) electrons. The minimum absolute atomic E-state index is 0.0612. The summed E-state index contributed by atoms with van der Waals surface area (Å²) in [5.74, 6) is -1.75. The van der Waals surface area contributed by atoms with Gasteiger partial charge in [0.1, 0.15) is 5.82 Å². The molecule has 0 aromatic heterocycles. The molecule has 0 saturated carbocycles. The Labute approximate surface area is 197 Å². The second-order valence-electron chi connectivity index (χ2n) is 7.81. The van der Waals surface area contributed by atoms with Crippen LogP contribution >= 0.6 is 0 Å². The highest BCUT2D eigenvalue weighted by Crippen LogP contribution is 2.36. The van der Waals surface area contributed by atoms with Gasteiger partial charge in [0, 0.05) is 12.2 Å². The molecule has 1 heterocycles. The number of carbonyl (C=O) groups excluding carboxylic acids is 2. The van der Waals surface area contributed by atoms with Crippen LogP contribution < -0.4 is 5.32 Å². The molecule has 0 aliphatic carbocycles. The minimum Gasteiger partial charge on any atom is -0.456 e. The molecule has 1 aliphatic rings. The zero-order chi connectivity index (χ0) is 24.1. The first-order valence-corrected chi connectivity index (χ1v) is 12.1. The van der Waals surface area contributed by atoms with E-state index in [0.717, 1.165) is 17.7 Å². The largest absolute Gasteiger partial charge is 0.456 e. The fourth-order valence-corrected chi connectivity index (χ4v) is 5.56. The Hall–Kier alpha value is -3.56. The van der Waals surface area contributed by atoms with Gasteiger partial charge in [0.2, 0.25) is 10.0 Å². The van der Waals surface area contributed by atoms with E-state index in [0.29, 0.717) is 17.7 Å². The minimum atomic E-state index is -4.01. The maximum atomic E-state index is 13.4. The molecular weight excluding hydrogens is 459 g/mol. The first-order chi connectivity index (χ1) is 16.3. The second-order valence-corrected chi connectivity index (χ2v) is 9.70. The van der Waals surface area contributed by atoms with Gasteiger partial charge < -0.3 is 10.1 Å². The molecule has 0 spiro atoms. The Morgan fingerprint density at radius 3 is 2.38 bits per heavy atom. The number of rotatable bonds is 7. The Kier molecular flexibility index (Phi) is 7.04. The fraction of sp³-hybridized carbons (Fsp3) is 0.200. The molecule has 0 saturated heterocycles. The summed E-state index contributed by atoms with van der Waals surface area (Å²) >= 11 is 0. The highest BCUT2D eigenvalue weighted by molar-refractivity contribution is 7.89. The van der Waals surface area contributed by atoms with Crippen molar-refractivity contribution in [3.8, 4) is 0 Å². The van der Waals surface area contributed by atoms with Crippen LogP contribution in [0.1, 0.15) is 23.6 Å². The molecule has 9 heteroatoms. The lowest BCUT2D eigenvalue weighted by Gasteiger charge is -2.36. The van der Waals surface area contributed by atoms with Crippen LogP contribution in [0.3, 0.4) is 0 Å². The van der Waals surface area contributed by atoms with Gasteiger partial charge in [-0.25, -0.2) is 12.8 Å². The maximum absolute atomic E-state index is 13.4. The van der Waals surface area contributed by atoms with Crippen molar-refractivity contribution in [3.63, 3.8) is 0 Å². The third-order valence-electron chi connectivity index (χ3n) is 5.57. The van der Waals surface area contributed by atoms with Crippen LogP contribution in [0, 0.1) is 5.82 Å². The predicted molar refractivity (Wildman–Crippen MR) is 124 cm³/mol. The van der Waals surface area contributed by atoms with Crippen molar-refractivity contribution in [1.29, 1.82) is 0 Å². The highest BCUT2D eigenvalue weighted by atomic mass is 32.2. The first-order valence-electron chi connectivity index (χ1n) is 10.7. The Morgan fingerprint density at radius 1 is 0.971 bits per heavy atom. The number of sulfonamides is 1. The van der Waals surface area contributed by atoms with E-state index in [-0.39, 0.29) is 17.9 Å². The number of esters is 1. The average Bonchev–Trinajstić information content (AvgIpc) is 2.84. The molecule has 1 aliphatic heterocycles. The van der Waals surface area contributed by atoms with Crippen molar-refractivity contribution in [2.75, 3.05) is 18.5 Å². The number of ether oxygens (including phenoxy) is 1. The number of hydrogen-bond donors (Lipinski definition) is 1. The molecule has 3 aromatic carbocycles. The van der Waals surface area contributed by atoms with Crippen molar-refractivity contribution < 1.29 is 27.1 Å². The second kappa shape index (κ2) is 10.1. The summed E-state index contributed by atoms with van der Waals surface area (Å²) in [6.45, 7) is -0.337. The van der Waals surface area contributed by atoms with E-state index in [1.165, 1.54) is 16.4 Å². The third kappa shape index (κ3) is 5.32. The molecule has 4 rings (SSSR count). The number of anilines is 1. The van der Waals surface area contributed by atoms with E-state index in [9.17, 15) is 22.4 Å². The smallest absolute Gasteiger partial charge is 0.308 e. The number of amides is 1. The van der Waals surface area contributed by atoms with Crippen molar-refractivity contribution >= 4 is 27.6 Å². The number of nitrogens with zero attached hydrogens (tertiary/aromatic N) is 1. The first kappa shape index (κ1) is 23.6. The predicted octanol–water partition coefficient (Wildman–Crippen LogP) is 3.69. The van der Waals surface area contributed by atoms with E-state index in [1.54, 1.807) is 36.4 Å². The van der Waals surface area contributed by atoms with Gasteiger partial charge in [-0.3, -0.25) is 9.59 Å². The van der Waals surface area contributed by atoms with Crippen LogP contribution in [0.2, 0.25) is 0 Å². The number of carbonyl (C=O) groups is 2. The maximum Gasteiger partial charge on any atom is 0.308 e. The van der Waals surface area contributed by atoms with Gasteiger partial charge in [-0.1, -0.05) is 42.5 Å². The fourth-order valence-electron chi connectivity index (χ4n) is 3.95. The molecule has 176 valence electrons. The van der Waals surface area contributed by atoms with E-state index in [1.807, 2.05) is 18.2 Å². The van der Waals surface area contributed by atoms with Gasteiger partial charge in [-0.15, -0.1) is 0 Å². The van der Waals surface area contributed by atoms with Crippen LogP contribution in [-0.2, 0) is 30.8 Å². The monoisotopic (exact) mass is 482 g/mol. The molecule has 7 nitrogen and oxygen atoms in total. The number of para-hydroxylation sites is 1. The van der Waals surface area contributed by atoms with Gasteiger partial charge >= 0.3 is 5.97 Å².